The molecule has 1 amide bonds. The quantitative estimate of drug-likeness (QED) is 0.715. The van der Waals surface area contributed by atoms with Crippen LogP contribution in [-0.2, 0) is 4.79 Å². The van der Waals surface area contributed by atoms with Crippen molar-refractivity contribution in [3.63, 3.8) is 0 Å². The molecule has 1 N–H and O–H groups in total. The van der Waals surface area contributed by atoms with Crippen LogP contribution in [0.5, 0.6) is 0 Å². The zero-order valence-corrected chi connectivity index (χ0v) is 13.0. The van der Waals surface area contributed by atoms with Gasteiger partial charge < -0.3 is 9.73 Å². The zero-order valence-electron chi connectivity index (χ0n) is 13.0. The summed E-state index contributed by atoms with van der Waals surface area (Å²) < 4.78 is 5.84. The van der Waals surface area contributed by atoms with Crippen LogP contribution < -0.4 is 5.32 Å². The Balaban J connectivity index is 1.83. The standard InChI is InChI=1S/C19H19NO2/c1-19(2,3)18(21)20-15-10-8-13(9-11-15)17-12-14-6-4-5-7-16(14)22-17/h4-12H,1-3H3,(H,20,21). The monoisotopic (exact) mass is 293 g/mol. The van der Waals surface area contributed by atoms with Crippen molar-refractivity contribution in [3.05, 3.63) is 54.6 Å². The van der Waals surface area contributed by atoms with E-state index in [1.807, 2.05) is 75.4 Å². The summed E-state index contributed by atoms with van der Waals surface area (Å²) in [5, 5.41) is 4.00. The third kappa shape index (κ3) is 2.89. The maximum atomic E-state index is 12.0. The van der Waals surface area contributed by atoms with Crippen LogP contribution in [-0.4, -0.2) is 5.91 Å². The number of nitrogens with one attached hydrogen (secondary N) is 1. The van der Waals surface area contributed by atoms with E-state index in [2.05, 4.69) is 5.32 Å². The van der Waals surface area contributed by atoms with Crippen LogP contribution in [0.1, 0.15) is 20.8 Å². The van der Waals surface area contributed by atoms with Gasteiger partial charge in [-0.3, -0.25) is 4.79 Å². The highest BCUT2D eigenvalue weighted by Gasteiger charge is 2.21. The van der Waals surface area contributed by atoms with E-state index < -0.39 is 5.41 Å². The highest BCUT2D eigenvalue weighted by atomic mass is 16.3. The van der Waals surface area contributed by atoms with Crippen LogP contribution in [0.15, 0.2) is 59.0 Å². The van der Waals surface area contributed by atoms with Crippen LogP contribution in [0.3, 0.4) is 0 Å². The van der Waals surface area contributed by atoms with Gasteiger partial charge >= 0.3 is 0 Å². The number of anilines is 1. The highest BCUT2D eigenvalue weighted by Crippen LogP contribution is 2.28. The van der Waals surface area contributed by atoms with Gasteiger partial charge in [0.25, 0.3) is 0 Å². The minimum Gasteiger partial charge on any atom is -0.456 e. The second-order valence-electron chi connectivity index (χ2n) is 6.43. The number of benzene rings is 2. The van der Waals surface area contributed by atoms with E-state index in [-0.39, 0.29) is 5.91 Å². The maximum absolute atomic E-state index is 12.0. The molecule has 0 aliphatic heterocycles. The fourth-order valence-electron chi connectivity index (χ4n) is 2.16. The van der Waals surface area contributed by atoms with E-state index in [0.29, 0.717) is 0 Å². The third-order valence-electron chi connectivity index (χ3n) is 3.53. The summed E-state index contributed by atoms with van der Waals surface area (Å²) in [7, 11) is 0. The van der Waals surface area contributed by atoms with Gasteiger partial charge in [-0.25, -0.2) is 0 Å². The Morgan fingerprint density at radius 2 is 1.68 bits per heavy atom. The van der Waals surface area contributed by atoms with E-state index in [1.165, 1.54) is 0 Å². The summed E-state index contributed by atoms with van der Waals surface area (Å²) in [6, 6.07) is 17.7. The topological polar surface area (TPSA) is 42.2 Å². The van der Waals surface area contributed by atoms with E-state index in [4.69, 9.17) is 4.42 Å². The first-order valence-corrected chi connectivity index (χ1v) is 7.34. The molecule has 1 heterocycles. The summed E-state index contributed by atoms with van der Waals surface area (Å²) in [5.74, 6) is 0.832. The van der Waals surface area contributed by atoms with Crippen LogP contribution in [0.4, 0.5) is 5.69 Å². The molecule has 1 aromatic heterocycles. The van der Waals surface area contributed by atoms with Crippen molar-refractivity contribution in [1.82, 2.24) is 0 Å². The molecule has 0 aliphatic rings. The van der Waals surface area contributed by atoms with Crippen molar-refractivity contribution in [2.75, 3.05) is 5.32 Å². The van der Waals surface area contributed by atoms with Crippen LogP contribution in [0, 0.1) is 5.41 Å². The number of hydrogen-bond acceptors (Lipinski definition) is 2. The lowest BCUT2D eigenvalue weighted by Crippen LogP contribution is -2.27. The van der Waals surface area contributed by atoms with Gasteiger partial charge in [0.05, 0.1) is 0 Å². The molecule has 3 heteroatoms. The molecule has 0 bridgehead atoms. The number of amides is 1. The molecule has 3 rings (SSSR count). The van der Waals surface area contributed by atoms with E-state index >= 15 is 0 Å². The lowest BCUT2D eigenvalue weighted by molar-refractivity contribution is -0.123. The molecular formula is C19H19NO2. The second kappa shape index (κ2) is 5.34. The maximum Gasteiger partial charge on any atom is 0.229 e. The number of rotatable bonds is 2. The summed E-state index contributed by atoms with van der Waals surface area (Å²) in [5.41, 5.74) is 2.25. The second-order valence-corrected chi connectivity index (χ2v) is 6.43. The first kappa shape index (κ1) is 14.4. The molecule has 2 aromatic carbocycles. The number of furan rings is 1. The highest BCUT2D eigenvalue weighted by molar-refractivity contribution is 5.94. The molecule has 0 saturated carbocycles. The normalized spacial score (nSPS) is 11.6. The molecule has 0 unspecified atom stereocenters. The molecule has 0 fully saturated rings. The Labute approximate surface area is 130 Å². The molecule has 0 saturated heterocycles. The smallest absolute Gasteiger partial charge is 0.229 e. The number of carbonyl (C=O) groups excluding carboxylic acids is 1. The molecule has 3 aromatic rings. The van der Waals surface area contributed by atoms with Crippen molar-refractivity contribution in [2.24, 2.45) is 5.41 Å². The van der Waals surface area contributed by atoms with Gasteiger partial charge in [-0.1, -0.05) is 39.0 Å². The van der Waals surface area contributed by atoms with Gasteiger partial charge in [-0.2, -0.15) is 0 Å². The average Bonchev–Trinajstić information content (AvgIpc) is 2.91. The summed E-state index contributed by atoms with van der Waals surface area (Å²) in [6.07, 6.45) is 0. The summed E-state index contributed by atoms with van der Waals surface area (Å²) >= 11 is 0. The zero-order chi connectivity index (χ0) is 15.7. The molecule has 0 atom stereocenters. The Morgan fingerprint density at radius 3 is 2.32 bits per heavy atom. The third-order valence-corrected chi connectivity index (χ3v) is 3.53. The minimum atomic E-state index is -0.405. The largest absolute Gasteiger partial charge is 0.456 e. The van der Waals surface area contributed by atoms with E-state index in [1.54, 1.807) is 0 Å². The molecule has 3 nitrogen and oxygen atoms in total. The van der Waals surface area contributed by atoms with Crippen molar-refractivity contribution in [1.29, 1.82) is 0 Å². The first-order valence-electron chi connectivity index (χ1n) is 7.34. The lowest BCUT2D eigenvalue weighted by atomic mass is 9.95. The average molecular weight is 293 g/mol. The lowest BCUT2D eigenvalue weighted by Gasteiger charge is -2.17. The van der Waals surface area contributed by atoms with Crippen molar-refractivity contribution < 1.29 is 9.21 Å². The number of para-hydroxylation sites is 1. The van der Waals surface area contributed by atoms with Crippen molar-refractivity contribution in [2.45, 2.75) is 20.8 Å². The summed E-state index contributed by atoms with van der Waals surface area (Å²) in [6.45, 7) is 5.68. The predicted octanol–water partition coefficient (Wildman–Crippen LogP) is 5.08. The molecule has 0 radical (unpaired) electrons. The van der Waals surface area contributed by atoms with Crippen LogP contribution in [0.25, 0.3) is 22.3 Å². The van der Waals surface area contributed by atoms with Gasteiger partial charge in [0.1, 0.15) is 11.3 Å². The van der Waals surface area contributed by atoms with Gasteiger partial charge in [0.2, 0.25) is 5.91 Å². The van der Waals surface area contributed by atoms with Crippen LogP contribution in [0.2, 0.25) is 0 Å². The van der Waals surface area contributed by atoms with Gasteiger partial charge in [0.15, 0.2) is 0 Å². The SMILES string of the molecule is CC(C)(C)C(=O)Nc1ccc(-c2cc3ccccc3o2)cc1. The molecule has 0 aliphatic carbocycles. The van der Waals surface area contributed by atoms with Crippen molar-refractivity contribution in [3.8, 4) is 11.3 Å². The predicted molar refractivity (Wildman–Crippen MR) is 89.7 cm³/mol. The van der Waals surface area contributed by atoms with E-state index in [0.717, 1.165) is 28.0 Å². The fraction of sp³-hybridized carbons (Fsp3) is 0.211. The van der Waals surface area contributed by atoms with E-state index in [9.17, 15) is 4.79 Å². The minimum absolute atomic E-state index is 0.00369. The number of carbonyl (C=O) groups is 1. The Morgan fingerprint density at radius 1 is 1.00 bits per heavy atom. The number of fused-ring (bicyclic) bond motifs is 1. The van der Waals surface area contributed by atoms with Crippen molar-refractivity contribution >= 4 is 22.6 Å². The van der Waals surface area contributed by atoms with Gasteiger partial charge in [-0.05, 0) is 36.4 Å². The molecular weight excluding hydrogens is 274 g/mol. The fourth-order valence-corrected chi connectivity index (χ4v) is 2.16. The summed E-state index contributed by atoms with van der Waals surface area (Å²) in [4.78, 5) is 12.0. The first-order chi connectivity index (χ1) is 10.4. The number of hydrogen-bond donors (Lipinski definition) is 1. The van der Waals surface area contributed by atoms with Gasteiger partial charge in [0, 0.05) is 22.1 Å². The Bertz CT molecular complexity index is 774. The molecule has 0 spiro atoms. The van der Waals surface area contributed by atoms with Crippen LogP contribution >= 0.6 is 0 Å². The molecule has 112 valence electrons. The Hall–Kier alpha value is -2.55. The molecule has 22 heavy (non-hydrogen) atoms. The Kier molecular flexibility index (Phi) is 3.49. The van der Waals surface area contributed by atoms with Gasteiger partial charge in [-0.15, -0.1) is 0 Å².